The van der Waals surface area contributed by atoms with Gasteiger partial charge >= 0.3 is 6.18 Å². The summed E-state index contributed by atoms with van der Waals surface area (Å²) >= 11 is 4.91. The molecular weight excluding hydrogens is 291 g/mol. The van der Waals surface area contributed by atoms with E-state index in [2.05, 4.69) is 21.2 Å². The average molecular weight is 302 g/mol. The van der Waals surface area contributed by atoms with Crippen molar-refractivity contribution in [3.63, 3.8) is 0 Å². The Morgan fingerprint density at radius 1 is 1.33 bits per heavy atom. The van der Waals surface area contributed by atoms with Crippen LogP contribution < -0.4 is 5.32 Å². The molecule has 0 fully saturated rings. The lowest BCUT2D eigenvalue weighted by atomic mass is 10.3. The molecule has 0 aliphatic carbocycles. The van der Waals surface area contributed by atoms with E-state index >= 15 is 0 Å². The van der Waals surface area contributed by atoms with E-state index in [0.29, 0.717) is 13.1 Å². The fraction of sp³-hybridized carbons (Fsp3) is 0.556. The molecule has 1 aromatic rings. The summed E-state index contributed by atoms with van der Waals surface area (Å²) < 4.78 is 36.4. The van der Waals surface area contributed by atoms with E-state index in [4.69, 9.17) is 0 Å². The van der Waals surface area contributed by atoms with Gasteiger partial charge in [-0.05, 0) is 41.0 Å². The Labute approximate surface area is 98.8 Å². The second-order valence-corrected chi connectivity index (χ2v) is 5.65. The third kappa shape index (κ3) is 6.17. The molecule has 1 N–H and O–H groups in total. The van der Waals surface area contributed by atoms with Crippen molar-refractivity contribution < 1.29 is 13.2 Å². The third-order valence-electron chi connectivity index (χ3n) is 1.74. The van der Waals surface area contributed by atoms with Crippen LogP contribution in [0.25, 0.3) is 0 Å². The SMILES string of the molecule is FC(F)(F)CCCNCc1ccc(Br)s1. The van der Waals surface area contributed by atoms with Crippen LogP contribution in [0.5, 0.6) is 0 Å². The van der Waals surface area contributed by atoms with Gasteiger partial charge in [0, 0.05) is 17.8 Å². The summed E-state index contributed by atoms with van der Waals surface area (Å²) in [4.78, 5) is 1.12. The summed E-state index contributed by atoms with van der Waals surface area (Å²) in [6.45, 7) is 1.03. The van der Waals surface area contributed by atoms with Crippen LogP contribution in [-0.2, 0) is 6.54 Å². The van der Waals surface area contributed by atoms with Gasteiger partial charge < -0.3 is 5.32 Å². The summed E-state index contributed by atoms with van der Waals surface area (Å²) in [5.41, 5.74) is 0. The zero-order valence-electron chi connectivity index (χ0n) is 7.90. The molecular formula is C9H11BrF3NS. The van der Waals surface area contributed by atoms with Crippen molar-refractivity contribution in [2.24, 2.45) is 0 Å². The summed E-state index contributed by atoms with van der Waals surface area (Å²) in [6, 6.07) is 3.88. The van der Waals surface area contributed by atoms with Gasteiger partial charge in [-0.2, -0.15) is 13.2 Å². The summed E-state index contributed by atoms with van der Waals surface area (Å²) in [5, 5.41) is 2.98. The maximum atomic E-state index is 11.8. The Morgan fingerprint density at radius 2 is 2.07 bits per heavy atom. The quantitative estimate of drug-likeness (QED) is 0.812. The van der Waals surface area contributed by atoms with Gasteiger partial charge in [0.1, 0.15) is 0 Å². The minimum atomic E-state index is -4.03. The van der Waals surface area contributed by atoms with E-state index < -0.39 is 12.6 Å². The zero-order chi connectivity index (χ0) is 11.3. The highest BCUT2D eigenvalue weighted by atomic mass is 79.9. The van der Waals surface area contributed by atoms with Crippen LogP contribution in [0.15, 0.2) is 15.9 Å². The molecule has 0 saturated heterocycles. The molecule has 6 heteroatoms. The standard InChI is InChI=1S/C9H11BrF3NS/c10-8-3-2-7(15-8)6-14-5-1-4-9(11,12)13/h2-3,14H,1,4-6H2. The minimum absolute atomic E-state index is 0.135. The largest absolute Gasteiger partial charge is 0.389 e. The first-order valence-corrected chi connectivity index (χ1v) is 6.10. The van der Waals surface area contributed by atoms with Crippen LogP contribution in [-0.4, -0.2) is 12.7 Å². The van der Waals surface area contributed by atoms with Gasteiger partial charge in [-0.1, -0.05) is 0 Å². The maximum Gasteiger partial charge on any atom is 0.389 e. The van der Waals surface area contributed by atoms with Crippen LogP contribution in [0.4, 0.5) is 13.2 Å². The van der Waals surface area contributed by atoms with Gasteiger partial charge in [-0.25, -0.2) is 0 Å². The van der Waals surface area contributed by atoms with Crippen LogP contribution in [0.1, 0.15) is 17.7 Å². The number of nitrogens with one attached hydrogen (secondary N) is 1. The normalized spacial score (nSPS) is 12.0. The monoisotopic (exact) mass is 301 g/mol. The second kappa shape index (κ2) is 5.86. The second-order valence-electron chi connectivity index (χ2n) is 3.10. The van der Waals surface area contributed by atoms with E-state index in [1.807, 2.05) is 12.1 Å². The smallest absolute Gasteiger partial charge is 0.312 e. The predicted molar refractivity (Wildman–Crippen MR) is 59.0 cm³/mol. The molecule has 0 unspecified atom stereocenters. The molecule has 1 aromatic heterocycles. The highest BCUT2D eigenvalue weighted by molar-refractivity contribution is 9.11. The average Bonchev–Trinajstić information content (AvgIpc) is 2.49. The highest BCUT2D eigenvalue weighted by Crippen LogP contribution is 2.22. The van der Waals surface area contributed by atoms with Gasteiger partial charge in [0.15, 0.2) is 0 Å². The minimum Gasteiger partial charge on any atom is -0.312 e. The Morgan fingerprint density at radius 3 is 2.60 bits per heavy atom. The molecule has 1 nitrogen and oxygen atoms in total. The molecule has 0 radical (unpaired) electrons. The summed E-state index contributed by atoms with van der Waals surface area (Å²) in [7, 11) is 0. The van der Waals surface area contributed by atoms with Gasteiger partial charge in [0.2, 0.25) is 0 Å². The van der Waals surface area contributed by atoms with E-state index in [-0.39, 0.29) is 6.42 Å². The van der Waals surface area contributed by atoms with Crippen LogP contribution in [0, 0.1) is 0 Å². The van der Waals surface area contributed by atoms with E-state index in [9.17, 15) is 13.2 Å². The van der Waals surface area contributed by atoms with Gasteiger partial charge in [0.25, 0.3) is 0 Å². The fourth-order valence-corrected chi connectivity index (χ4v) is 2.52. The number of thiophene rings is 1. The van der Waals surface area contributed by atoms with Crippen molar-refractivity contribution in [1.29, 1.82) is 0 Å². The Hall–Kier alpha value is -0.0700. The van der Waals surface area contributed by atoms with Gasteiger partial charge in [-0.15, -0.1) is 11.3 Å². The van der Waals surface area contributed by atoms with Gasteiger partial charge in [0.05, 0.1) is 3.79 Å². The molecule has 1 rings (SSSR count). The molecule has 15 heavy (non-hydrogen) atoms. The lowest BCUT2D eigenvalue weighted by Gasteiger charge is -2.06. The van der Waals surface area contributed by atoms with Crippen LogP contribution in [0.3, 0.4) is 0 Å². The van der Waals surface area contributed by atoms with Crippen LogP contribution >= 0.6 is 27.3 Å². The molecule has 86 valence electrons. The number of hydrogen-bond donors (Lipinski definition) is 1. The van der Waals surface area contributed by atoms with E-state index in [0.717, 1.165) is 8.66 Å². The fourth-order valence-electron chi connectivity index (χ4n) is 1.07. The molecule has 0 spiro atoms. The molecule has 0 bridgehead atoms. The van der Waals surface area contributed by atoms with Gasteiger partial charge in [-0.3, -0.25) is 0 Å². The number of halogens is 4. The maximum absolute atomic E-state index is 11.8. The zero-order valence-corrected chi connectivity index (χ0v) is 10.3. The molecule has 0 aliphatic heterocycles. The first-order valence-electron chi connectivity index (χ1n) is 4.49. The molecule has 1 heterocycles. The summed E-state index contributed by atoms with van der Waals surface area (Å²) in [5.74, 6) is 0. The predicted octanol–water partition coefficient (Wildman–Crippen LogP) is 3.94. The lowest BCUT2D eigenvalue weighted by molar-refractivity contribution is -0.135. The third-order valence-corrected chi connectivity index (χ3v) is 3.37. The van der Waals surface area contributed by atoms with Crippen molar-refractivity contribution in [2.75, 3.05) is 6.54 Å². The molecule has 0 saturated carbocycles. The number of hydrogen-bond acceptors (Lipinski definition) is 2. The van der Waals surface area contributed by atoms with Crippen molar-refractivity contribution in [3.05, 3.63) is 20.8 Å². The topological polar surface area (TPSA) is 12.0 Å². The van der Waals surface area contributed by atoms with Crippen molar-refractivity contribution in [2.45, 2.75) is 25.6 Å². The number of alkyl halides is 3. The Bertz CT molecular complexity index is 298. The Kier molecular flexibility index (Phi) is 5.08. The highest BCUT2D eigenvalue weighted by Gasteiger charge is 2.25. The Balaban J connectivity index is 2.07. The first-order chi connectivity index (χ1) is 6.97. The van der Waals surface area contributed by atoms with Crippen molar-refractivity contribution in [1.82, 2.24) is 5.32 Å². The van der Waals surface area contributed by atoms with Crippen molar-refractivity contribution in [3.8, 4) is 0 Å². The number of rotatable bonds is 5. The molecule has 0 aliphatic rings. The summed E-state index contributed by atoms with van der Waals surface area (Å²) in [6.07, 6.45) is -4.61. The van der Waals surface area contributed by atoms with Crippen LogP contribution in [0.2, 0.25) is 0 Å². The van der Waals surface area contributed by atoms with E-state index in [1.165, 1.54) is 0 Å². The molecule has 0 amide bonds. The molecule has 0 atom stereocenters. The first kappa shape index (κ1) is 13.0. The van der Waals surface area contributed by atoms with Crippen molar-refractivity contribution >= 4 is 27.3 Å². The molecule has 0 aromatic carbocycles. The lowest BCUT2D eigenvalue weighted by Crippen LogP contribution is -2.17. The van der Waals surface area contributed by atoms with E-state index in [1.54, 1.807) is 11.3 Å².